The lowest BCUT2D eigenvalue weighted by atomic mass is 10.1. The first-order valence-corrected chi connectivity index (χ1v) is 7.31. The molecule has 0 radical (unpaired) electrons. The van der Waals surface area contributed by atoms with Gasteiger partial charge in [-0.05, 0) is 28.1 Å². The Morgan fingerprint density at radius 3 is 2.42 bits per heavy atom. The topological polar surface area (TPSA) is 55.0 Å². The van der Waals surface area contributed by atoms with E-state index in [1.54, 1.807) is 6.07 Å². The van der Waals surface area contributed by atoms with E-state index in [0.29, 0.717) is 4.57 Å². The van der Waals surface area contributed by atoms with Crippen molar-refractivity contribution in [2.75, 3.05) is 6.61 Å². The zero-order valence-electron chi connectivity index (χ0n) is 11.9. The number of alkyl halides is 2. The second kappa shape index (κ2) is 7.49. The summed E-state index contributed by atoms with van der Waals surface area (Å²) in [6.45, 7) is -1.42. The fraction of sp³-hybridized carbons (Fsp3) is 0.200. The van der Waals surface area contributed by atoms with Gasteiger partial charge >= 0.3 is 0 Å². The first-order chi connectivity index (χ1) is 11.3. The van der Waals surface area contributed by atoms with Crippen LogP contribution in [-0.2, 0) is 6.54 Å². The van der Waals surface area contributed by atoms with Crippen molar-refractivity contribution in [1.29, 1.82) is 5.26 Å². The maximum absolute atomic E-state index is 14.3. The molecule has 1 aromatic carbocycles. The Kier molecular flexibility index (Phi) is 5.62. The molecule has 0 bridgehead atoms. The Bertz CT molecular complexity index is 839. The Balaban J connectivity index is 2.62. The Morgan fingerprint density at radius 1 is 1.25 bits per heavy atom. The molecule has 0 spiro atoms. The number of nitrogens with zero attached hydrogens (tertiary/aromatic N) is 2. The van der Waals surface area contributed by atoms with Crippen LogP contribution in [-0.4, -0.2) is 17.6 Å². The minimum atomic E-state index is -2.89. The summed E-state index contributed by atoms with van der Waals surface area (Å²) in [5.74, 6) is -2.43. The van der Waals surface area contributed by atoms with E-state index in [4.69, 9.17) is 10.00 Å². The van der Waals surface area contributed by atoms with E-state index >= 15 is 0 Å². The molecular formula is C15H9BrF4N2O2. The minimum Gasteiger partial charge on any atom is -0.479 e. The maximum atomic E-state index is 14.3. The standard InChI is InChI=1S/C15H9BrF4N2O2/c16-9-1-2-12(22(15(9)23)7-13(19)20)14-10(17)5-8(6-11(14)18)24-4-3-21/h1-2,5-6,13H,4,7H2. The second-order valence-corrected chi connectivity index (χ2v) is 5.44. The van der Waals surface area contributed by atoms with Crippen LogP contribution in [0.4, 0.5) is 17.6 Å². The fourth-order valence-corrected chi connectivity index (χ4v) is 2.43. The number of nitriles is 1. The van der Waals surface area contributed by atoms with Crippen molar-refractivity contribution < 1.29 is 22.3 Å². The molecule has 9 heteroatoms. The highest BCUT2D eigenvalue weighted by molar-refractivity contribution is 9.10. The van der Waals surface area contributed by atoms with Crippen LogP contribution in [0.1, 0.15) is 0 Å². The van der Waals surface area contributed by atoms with Crippen molar-refractivity contribution in [3.63, 3.8) is 0 Å². The summed E-state index contributed by atoms with van der Waals surface area (Å²) < 4.78 is 59.3. The smallest absolute Gasteiger partial charge is 0.265 e. The lowest BCUT2D eigenvalue weighted by Crippen LogP contribution is -2.25. The molecule has 0 saturated carbocycles. The van der Waals surface area contributed by atoms with E-state index in [1.807, 2.05) is 0 Å². The zero-order valence-corrected chi connectivity index (χ0v) is 13.5. The van der Waals surface area contributed by atoms with Gasteiger partial charge in [-0.2, -0.15) is 5.26 Å². The van der Waals surface area contributed by atoms with Gasteiger partial charge in [-0.25, -0.2) is 17.6 Å². The van der Waals surface area contributed by atoms with Crippen LogP contribution in [0.3, 0.4) is 0 Å². The van der Waals surface area contributed by atoms with Crippen molar-refractivity contribution in [2.24, 2.45) is 0 Å². The molecule has 0 atom stereocenters. The summed E-state index contributed by atoms with van der Waals surface area (Å²) in [7, 11) is 0. The maximum Gasteiger partial charge on any atom is 0.265 e. The van der Waals surface area contributed by atoms with Gasteiger partial charge in [-0.3, -0.25) is 4.79 Å². The van der Waals surface area contributed by atoms with E-state index < -0.39 is 42.3 Å². The number of pyridine rings is 1. The lowest BCUT2D eigenvalue weighted by molar-refractivity contribution is 0.125. The SMILES string of the molecule is N#CCOc1cc(F)c(-c2ccc(Br)c(=O)n2CC(F)F)c(F)c1. The monoisotopic (exact) mass is 404 g/mol. The predicted octanol–water partition coefficient (Wildman–Crippen LogP) is 3.72. The quantitative estimate of drug-likeness (QED) is 0.713. The molecule has 0 saturated heterocycles. The van der Waals surface area contributed by atoms with E-state index in [1.165, 1.54) is 6.07 Å². The molecule has 2 aromatic rings. The summed E-state index contributed by atoms with van der Waals surface area (Å²) in [5.41, 5.74) is -1.80. The summed E-state index contributed by atoms with van der Waals surface area (Å²) >= 11 is 2.90. The van der Waals surface area contributed by atoms with Gasteiger partial charge < -0.3 is 9.30 Å². The molecule has 0 aliphatic carbocycles. The molecule has 24 heavy (non-hydrogen) atoms. The summed E-state index contributed by atoms with van der Waals surface area (Å²) in [6.07, 6.45) is -2.89. The number of aromatic nitrogens is 1. The van der Waals surface area contributed by atoms with Gasteiger partial charge in [0.1, 0.15) is 23.5 Å². The summed E-state index contributed by atoms with van der Waals surface area (Å²) in [5, 5.41) is 8.40. The summed E-state index contributed by atoms with van der Waals surface area (Å²) in [4.78, 5) is 12.0. The number of benzene rings is 1. The Labute approximate surface area is 142 Å². The average Bonchev–Trinajstić information content (AvgIpc) is 2.51. The Hall–Kier alpha value is -2.34. The third-order valence-corrected chi connectivity index (χ3v) is 3.63. The lowest BCUT2D eigenvalue weighted by Gasteiger charge is -2.15. The van der Waals surface area contributed by atoms with E-state index in [0.717, 1.165) is 18.2 Å². The largest absolute Gasteiger partial charge is 0.479 e. The first kappa shape index (κ1) is 18.0. The fourth-order valence-electron chi connectivity index (χ4n) is 2.08. The molecular weight excluding hydrogens is 396 g/mol. The van der Waals surface area contributed by atoms with Crippen LogP contribution in [0.25, 0.3) is 11.3 Å². The highest BCUT2D eigenvalue weighted by atomic mass is 79.9. The third-order valence-electron chi connectivity index (χ3n) is 3.02. The minimum absolute atomic E-state index is 0.0123. The molecule has 0 unspecified atom stereocenters. The van der Waals surface area contributed by atoms with Crippen molar-refractivity contribution in [1.82, 2.24) is 4.57 Å². The predicted molar refractivity (Wildman–Crippen MR) is 80.9 cm³/mol. The molecule has 0 fully saturated rings. The number of hydrogen-bond acceptors (Lipinski definition) is 3. The molecule has 0 aliphatic rings. The number of ether oxygens (including phenoxy) is 1. The zero-order chi connectivity index (χ0) is 17.9. The second-order valence-electron chi connectivity index (χ2n) is 4.58. The van der Waals surface area contributed by atoms with E-state index in [2.05, 4.69) is 15.9 Å². The van der Waals surface area contributed by atoms with Crippen LogP contribution >= 0.6 is 15.9 Å². The van der Waals surface area contributed by atoms with Crippen molar-refractivity contribution in [3.8, 4) is 23.1 Å². The van der Waals surface area contributed by atoms with Crippen molar-refractivity contribution >= 4 is 15.9 Å². The normalized spacial score (nSPS) is 10.7. The first-order valence-electron chi connectivity index (χ1n) is 6.51. The van der Waals surface area contributed by atoms with Gasteiger partial charge in [-0.15, -0.1) is 0 Å². The summed E-state index contributed by atoms with van der Waals surface area (Å²) in [6, 6.07) is 5.65. The third kappa shape index (κ3) is 3.76. The van der Waals surface area contributed by atoms with Crippen molar-refractivity contribution in [3.05, 3.63) is 50.7 Å². The molecule has 0 aliphatic heterocycles. The van der Waals surface area contributed by atoms with Crippen LogP contribution in [0, 0.1) is 23.0 Å². The molecule has 0 N–H and O–H groups in total. The van der Waals surface area contributed by atoms with Gasteiger partial charge in [0.15, 0.2) is 6.61 Å². The highest BCUT2D eigenvalue weighted by Gasteiger charge is 2.20. The number of halogens is 5. The van der Waals surface area contributed by atoms with Crippen LogP contribution in [0.5, 0.6) is 5.75 Å². The highest BCUT2D eigenvalue weighted by Crippen LogP contribution is 2.30. The average molecular weight is 405 g/mol. The number of rotatable bonds is 5. The molecule has 2 rings (SSSR count). The molecule has 4 nitrogen and oxygen atoms in total. The van der Waals surface area contributed by atoms with E-state index in [9.17, 15) is 22.4 Å². The van der Waals surface area contributed by atoms with Gasteiger partial charge in [-0.1, -0.05) is 0 Å². The number of hydrogen-bond donors (Lipinski definition) is 0. The van der Waals surface area contributed by atoms with E-state index in [-0.39, 0.29) is 15.9 Å². The van der Waals surface area contributed by atoms with Crippen LogP contribution in [0.15, 0.2) is 33.5 Å². The molecule has 1 heterocycles. The molecule has 126 valence electrons. The molecule has 0 amide bonds. The van der Waals surface area contributed by atoms with Gasteiger partial charge in [0.2, 0.25) is 0 Å². The van der Waals surface area contributed by atoms with Crippen LogP contribution < -0.4 is 10.3 Å². The van der Waals surface area contributed by atoms with Gasteiger partial charge in [0.05, 0.1) is 22.3 Å². The van der Waals surface area contributed by atoms with Gasteiger partial charge in [0.25, 0.3) is 12.0 Å². The Morgan fingerprint density at radius 2 is 1.88 bits per heavy atom. The van der Waals surface area contributed by atoms with Crippen LogP contribution in [0.2, 0.25) is 0 Å². The van der Waals surface area contributed by atoms with Crippen molar-refractivity contribution in [2.45, 2.75) is 13.0 Å². The van der Waals surface area contributed by atoms with Gasteiger partial charge in [0, 0.05) is 12.1 Å². The molecule has 1 aromatic heterocycles.